The van der Waals surface area contributed by atoms with Gasteiger partial charge in [0.2, 0.25) is 17.7 Å². The number of nitrogens with zero attached hydrogens (tertiary/aromatic N) is 2. The van der Waals surface area contributed by atoms with Gasteiger partial charge in [-0.25, -0.2) is 0 Å². The van der Waals surface area contributed by atoms with Crippen molar-refractivity contribution in [2.75, 3.05) is 32.8 Å². The Morgan fingerprint density at radius 1 is 1.10 bits per heavy atom. The lowest BCUT2D eigenvalue weighted by molar-refractivity contribution is -0.143. The number of carbonyl (C=O) groups is 3. The van der Waals surface area contributed by atoms with Crippen LogP contribution in [0.15, 0.2) is 42.5 Å². The molecule has 40 heavy (non-hydrogen) atoms. The lowest BCUT2D eigenvalue weighted by atomic mass is 9.93. The highest BCUT2D eigenvalue weighted by molar-refractivity contribution is 5.94. The first kappa shape index (κ1) is 31.8. The van der Waals surface area contributed by atoms with Crippen LogP contribution in [0, 0.1) is 5.92 Å². The molecule has 1 spiro atoms. The van der Waals surface area contributed by atoms with Gasteiger partial charge in [0.1, 0.15) is 11.6 Å². The number of aliphatic hydroxyl groups excluding tert-OH is 2. The smallest absolute Gasteiger partial charge is 0.243 e. The maximum atomic E-state index is 13.7. The van der Waals surface area contributed by atoms with Gasteiger partial charge in [0.05, 0.1) is 18.8 Å². The van der Waals surface area contributed by atoms with Crippen LogP contribution in [0.25, 0.3) is 0 Å². The number of likely N-dealkylation sites (tertiary alicyclic amines) is 2. The van der Waals surface area contributed by atoms with Crippen LogP contribution in [0.1, 0.15) is 64.9 Å². The standard InChI is InChI=1S/C31H48N4O5/c1-4-5-16-32-28(38)23(2)21-27(37)26(22-25-12-7-6-8-13-25)33-29(39)24(3)35-19-15-31(30(35)40)14-11-18-34(31)17-9-10-20-36/h6-10,12-13,23-24,26-27,36-37H,4-5,11,14-22H2,1-3H3,(H,32,38)(H,33,39). The van der Waals surface area contributed by atoms with Crippen LogP contribution < -0.4 is 10.6 Å². The molecule has 0 aromatic heterocycles. The quantitative estimate of drug-likeness (QED) is 0.194. The van der Waals surface area contributed by atoms with Crippen LogP contribution in [-0.2, 0) is 20.8 Å². The number of hydrogen-bond donors (Lipinski definition) is 4. The predicted octanol–water partition coefficient (Wildman–Crippen LogP) is 2.02. The summed E-state index contributed by atoms with van der Waals surface area (Å²) in [5.74, 6) is -0.848. The highest BCUT2D eigenvalue weighted by atomic mass is 16.3. The molecule has 5 atom stereocenters. The van der Waals surface area contributed by atoms with E-state index in [1.807, 2.05) is 36.4 Å². The molecule has 2 saturated heterocycles. The summed E-state index contributed by atoms with van der Waals surface area (Å²) in [6.07, 6.45) is 7.50. The summed E-state index contributed by atoms with van der Waals surface area (Å²) in [5.41, 5.74) is 0.367. The summed E-state index contributed by atoms with van der Waals surface area (Å²) >= 11 is 0. The van der Waals surface area contributed by atoms with Crippen molar-refractivity contribution >= 4 is 17.7 Å². The summed E-state index contributed by atoms with van der Waals surface area (Å²) in [5, 5.41) is 26.2. The van der Waals surface area contributed by atoms with E-state index in [1.54, 1.807) is 24.8 Å². The van der Waals surface area contributed by atoms with E-state index in [9.17, 15) is 19.5 Å². The van der Waals surface area contributed by atoms with E-state index in [0.29, 0.717) is 32.5 Å². The number of hydrogen-bond acceptors (Lipinski definition) is 6. The third-order valence-corrected chi connectivity index (χ3v) is 8.46. The summed E-state index contributed by atoms with van der Waals surface area (Å²) < 4.78 is 0. The molecule has 0 radical (unpaired) electrons. The first-order valence-corrected chi connectivity index (χ1v) is 14.9. The fourth-order valence-electron chi connectivity index (χ4n) is 5.95. The van der Waals surface area contributed by atoms with Crippen molar-refractivity contribution in [3.8, 4) is 0 Å². The van der Waals surface area contributed by atoms with Crippen molar-refractivity contribution in [1.82, 2.24) is 20.4 Å². The number of amides is 3. The minimum Gasteiger partial charge on any atom is -0.392 e. The number of aliphatic hydroxyl groups is 2. The summed E-state index contributed by atoms with van der Waals surface area (Å²) in [6.45, 7) is 8.07. The molecule has 0 bridgehead atoms. The molecule has 1 aromatic rings. The summed E-state index contributed by atoms with van der Waals surface area (Å²) in [6, 6.07) is 8.34. The second-order valence-corrected chi connectivity index (χ2v) is 11.3. The van der Waals surface area contributed by atoms with Gasteiger partial charge in [-0.2, -0.15) is 0 Å². The second kappa shape index (κ2) is 15.3. The summed E-state index contributed by atoms with van der Waals surface area (Å²) in [7, 11) is 0. The molecule has 2 fully saturated rings. The number of benzene rings is 1. The van der Waals surface area contributed by atoms with Gasteiger partial charge in [-0.3, -0.25) is 19.3 Å². The molecule has 2 aliphatic heterocycles. The van der Waals surface area contributed by atoms with Gasteiger partial charge in [-0.1, -0.05) is 62.8 Å². The van der Waals surface area contributed by atoms with E-state index in [4.69, 9.17) is 5.11 Å². The fraction of sp³-hybridized carbons (Fsp3) is 0.645. The first-order valence-electron chi connectivity index (χ1n) is 14.9. The minimum absolute atomic E-state index is 0.0254. The molecule has 9 heteroatoms. The number of carbonyl (C=O) groups excluding carboxylic acids is 3. The number of rotatable bonds is 15. The third-order valence-electron chi connectivity index (χ3n) is 8.46. The molecule has 4 N–H and O–H groups in total. The van der Waals surface area contributed by atoms with Gasteiger partial charge in [-0.15, -0.1) is 0 Å². The molecule has 0 aliphatic carbocycles. The highest BCUT2D eigenvalue weighted by Gasteiger charge is 2.54. The van der Waals surface area contributed by atoms with Crippen molar-refractivity contribution in [1.29, 1.82) is 0 Å². The Kier molecular flexibility index (Phi) is 12.2. The predicted molar refractivity (Wildman–Crippen MR) is 155 cm³/mol. The van der Waals surface area contributed by atoms with Crippen molar-refractivity contribution < 1.29 is 24.6 Å². The number of nitrogens with one attached hydrogen (secondary N) is 2. The largest absolute Gasteiger partial charge is 0.392 e. The Morgan fingerprint density at radius 3 is 2.55 bits per heavy atom. The Bertz CT molecular complexity index is 1000. The van der Waals surface area contributed by atoms with Crippen molar-refractivity contribution in [3.63, 3.8) is 0 Å². The van der Waals surface area contributed by atoms with E-state index >= 15 is 0 Å². The normalized spacial score (nSPS) is 22.5. The maximum Gasteiger partial charge on any atom is 0.243 e. The topological polar surface area (TPSA) is 122 Å². The highest BCUT2D eigenvalue weighted by Crippen LogP contribution is 2.39. The monoisotopic (exact) mass is 556 g/mol. The van der Waals surface area contributed by atoms with Crippen LogP contribution in [-0.4, -0.2) is 94.2 Å². The van der Waals surface area contributed by atoms with Gasteiger partial charge in [0, 0.05) is 25.6 Å². The van der Waals surface area contributed by atoms with E-state index in [2.05, 4.69) is 22.5 Å². The van der Waals surface area contributed by atoms with Crippen LogP contribution in [0.5, 0.6) is 0 Å². The van der Waals surface area contributed by atoms with E-state index in [1.165, 1.54) is 0 Å². The molecule has 3 amide bonds. The van der Waals surface area contributed by atoms with Gasteiger partial charge < -0.3 is 25.7 Å². The van der Waals surface area contributed by atoms with Gasteiger partial charge in [-0.05, 0) is 57.6 Å². The molecule has 1 aromatic carbocycles. The van der Waals surface area contributed by atoms with Crippen molar-refractivity contribution in [3.05, 3.63) is 48.0 Å². The molecule has 222 valence electrons. The van der Waals surface area contributed by atoms with Crippen LogP contribution in [0.4, 0.5) is 0 Å². The number of unbranched alkanes of at least 4 members (excludes halogenated alkanes) is 1. The molecule has 9 nitrogen and oxygen atoms in total. The molecule has 3 rings (SSSR count). The Labute approximate surface area is 239 Å². The Balaban J connectivity index is 1.68. The third kappa shape index (κ3) is 7.92. The summed E-state index contributed by atoms with van der Waals surface area (Å²) in [4.78, 5) is 43.6. The molecule has 2 heterocycles. The molecular formula is C31H48N4O5. The van der Waals surface area contributed by atoms with Gasteiger partial charge >= 0.3 is 0 Å². The molecule has 0 saturated carbocycles. The van der Waals surface area contributed by atoms with Crippen LogP contribution >= 0.6 is 0 Å². The molecule has 2 aliphatic rings. The van der Waals surface area contributed by atoms with E-state index in [-0.39, 0.29) is 30.7 Å². The zero-order valence-electron chi connectivity index (χ0n) is 24.3. The van der Waals surface area contributed by atoms with Crippen LogP contribution in [0.2, 0.25) is 0 Å². The van der Waals surface area contributed by atoms with Gasteiger partial charge in [0.15, 0.2) is 0 Å². The Hall–Kier alpha value is -2.75. The molecule has 5 unspecified atom stereocenters. The molecular weight excluding hydrogens is 508 g/mol. The SMILES string of the molecule is CCCCNC(=O)C(C)CC(O)C(Cc1ccccc1)NC(=O)C(C)N1CCC2(CCCN2CC=CCO)C1=O. The first-order chi connectivity index (χ1) is 19.2. The lowest BCUT2D eigenvalue weighted by Gasteiger charge is -2.34. The van der Waals surface area contributed by atoms with Crippen molar-refractivity contribution in [2.24, 2.45) is 5.92 Å². The van der Waals surface area contributed by atoms with Crippen molar-refractivity contribution in [2.45, 2.75) is 89.4 Å². The van der Waals surface area contributed by atoms with E-state index in [0.717, 1.165) is 37.8 Å². The van der Waals surface area contributed by atoms with Crippen LogP contribution in [0.3, 0.4) is 0 Å². The lowest BCUT2D eigenvalue weighted by Crippen LogP contribution is -2.56. The average Bonchev–Trinajstić information content (AvgIpc) is 3.51. The second-order valence-electron chi connectivity index (χ2n) is 11.3. The fourth-order valence-corrected chi connectivity index (χ4v) is 5.95. The Morgan fingerprint density at radius 2 is 1.85 bits per heavy atom. The maximum absolute atomic E-state index is 13.7. The zero-order valence-corrected chi connectivity index (χ0v) is 24.3. The minimum atomic E-state index is -0.937. The zero-order chi connectivity index (χ0) is 29.1. The van der Waals surface area contributed by atoms with E-state index < -0.39 is 29.6 Å². The average molecular weight is 557 g/mol. The van der Waals surface area contributed by atoms with Gasteiger partial charge in [0.25, 0.3) is 0 Å².